The lowest BCUT2D eigenvalue weighted by atomic mass is 10.0. The van der Waals surface area contributed by atoms with Crippen LogP contribution in [0.2, 0.25) is 0 Å². The number of hydrogen-bond acceptors (Lipinski definition) is 4. The first-order valence-corrected chi connectivity index (χ1v) is 20.2. The van der Waals surface area contributed by atoms with Crippen LogP contribution < -0.4 is 14.9 Å². The summed E-state index contributed by atoms with van der Waals surface area (Å²) in [6.45, 7) is 1.53. The van der Waals surface area contributed by atoms with Crippen molar-refractivity contribution in [2.45, 2.75) is 13.1 Å². The number of pyridine rings is 1. The van der Waals surface area contributed by atoms with Gasteiger partial charge in [-0.05, 0) is 133 Å². The van der Waals surface area contributed by atoms with Gasteiger partial charge in [-0.2, -0.15) is 0 Å². The highest BCUT2D eigenvalue weighted by Crippen LogP contribution is 2.40. The number of hydrazine groups is 1. The van der Waals surface area contributed by atoms with Crippen molar-refractivity contribution in [3.8, 4) is 0 Å². The largest absolute Gasteiger partial charge is 0.337 e. The summed E-state index contributed by atoms with van der Waals surface area (Å²) in [6, 6.07) is 72.5. The Balaban J connectivity index is 0.841. The van der Waals surface area contributed by atoms with Crippen molar-refractivity contribution in [1.29, 1.82) is 0 Å². The highest BCUT2D eigenvalue weighted by molar-refractivity contribution is 5.92. The average Bonchev–Trinajstić information content (AvgIpc) is 3.69. The van der Waals surface area contributed by atoms with Crippen LogP contribution in [0.4, 0.5) is 28.6 Å². The van der Waals surface area contributed by atoms with Gasteiger partial charge in [0.2, 0.25) is 0 Å². The quantitative estimate of drug-likeness (QED) is 0.144. The Morgan fingerprint density at radius 1 is 0.441 bits per heavy atom. The van der Waals surface area contributed by atoms with Crippen LogP contribution in [-0.2, 0) is 13.1 Å². The van der Waals surface area contributed by atoms with Crippen LogP contribution in [0.5, 0.6) is 0 Å². The smallest absolute Gasteiger partial charge is 0.157 e. The van der Waals surface area contributed by atoms with Crippen molar-refractivity contribution in [3.63, 3.8) is 0 Å². The summed E-state index contributed by atoms with van der Waals surface area (Å²) in [5.74, 6) is 0.981. The molecular formula is C55H40N4. The van der Waals surface area contributed by atoms with Crippen LogP contribution in [0.1, 0.15) is 22.3 Å². The van der Waals surface area contributed by atoms with E-state index in [1.54, 1.807) is 0 Å². The molecule has 0 fully saturated rings. The van der Waals surface area contributed by atoms with Crippen LogP contribution in [0.3, 0.4) is 0 Å². The number of hydrogen-bond donors (Lipinski definition) is 0. The van der Waals surface area contributed by atoms with Gasteiger partial charge in [-0.3, -0.25) is 5.01 Å². The lowest BCUT2D eigenvalue weighted by molar-refractivity contribution is 0.873. The van der Waals surface area contributed by atoms with Gasteiger partial charge in [0.05, 0.1) is 17.9 Å². The third-order valence-electron chi connectivity index (χ3n) is 11.6. The molecule has 1 aromatic heterocycles. The standard InChI is InChI=1S/C55H40N4/c1-2-14-51(15-3-1)59-55-50(13-8-30-56-55)38-58(59)54-29-26-48-32-40(19-22-49(48)36-54)17-16-39-18-21-47-33-41(20-23-46(47)31-39)37-57(52-27-24-42-9-4-6-11-44(42)34-52)53-28-25-43-10-5-7-12-45(43)35-53/h1-36H,37-38H2/b17-16+. The van der Waals surface area contributed by atoms with E-state index in [-0.39, 0.29) is 0 Å². The number of benzene rings is 9. The summed E-state index contributed by atoms with van der Waals surface area (Å²) >= 11 is 0. The van der Waals surface area contributed by atoms with Crippen molar-refractivity contribution in [2.24, 2.45) is 0 Å². The third kappa shape index (κ3) is 6.71. The summed E-state index contributed by atoms with van der Waals surface area (Å²) < 4.78 is 0. The van der Waals surface area contributed by atoms with Gasteiger partial charge in [0.25, 0.3) is 0 Å². The zero-order valence-electron chi connectivity index (χ0n) is 32.5. The minimum absolute atomic E-state index is 0.756. The predicted octanol–water partition coefficient (Wildman–Crippen LogP) is 14.3. The molecule has 0 atom stereocenters. The van der Waals surface area contributed by atoms with Gasteiger partial charge in [-0.1, -0.05) is 140 Å². The number of anilines is 5. The number of aromatic nitrogens is 1. The number of nitrogens with zero attached hydrogens (tertiary/aromatic N) is 4. The molecule has 9 aromatic carbocycles. The van der Waals surface area contributed by atoms with Crippen molar-refractivity contribution >= 4 is 83.8 Å². The van der Waals surface area contributed by atoms with Crippen molar-refractivity contribution in [1.82, 2.24) is 4.98 Å². The monoisotopic (exact) mass is 756 g/mol. The fraction of sp³-hybridized carbons (Fsp3) is 0.0364. The Bertz CT molecular complexity index is 3130. The van der Waals surface area contributed by atoms with E-state index in [2.05, 4.69) is 221 Å². The summed E-state index contributed by atoms with van der Waals surface area (Å²) in [6.07, 6.45) is 6.31. The van der Waals surface area contributed by atoms with Crippen LogP contribution in [0, 0.1) is 0 Å². The van der Waals surface area contributed by atoms with Crippen molar-refractivity contribution < 1.29 is 0 Å². The maximum atomic E-state index is 4.75. The molecule has 4 nitrogen and oxygen atoms in total. The normalized spacial score (nSPS) is 12.6. The van der Waals surface area contributed by atoms with E-state index in [0.717, 1.165) is 30.3 Å². The lowest BCUT2D eigenvalue weighted by Gasteiger charge is -2.31. The Morgan fingerprint density at radius 2 is 0.983 bits per heavy atom. The third-order valence-corrected chi connectivity index (χ3v) is 11.6. The zero-order valence-corrected chi connectivity index (χ0v) is 32.5. The maximum absolute atomic E-state index is 4.75. The summed E-state index contributed by atoms with van der Waals surface area (Å²) in [4.78, 5) is 7.19. The fourth-order valence-electron chi connectivity index (χ4n) is 8.56. The Hall–Kier alpha value is -7.69. The first kappa shape index (κ1) is 34.5. The van der Waals surface area contributed by atoms with E-state index in [4.69, 9.17) is 4.98 Å². The molecular weight excluding hydrogens is 717 g/mol. The molecule has 2 heterocycles. The average molecular weight is 757 g/mol. The van der Waals surface area contributed by atoms with Crippen LogP contribution in [0.15, 0.2) is 206 Å². The summed E-state index contributed by atoms with van der Waals surface area (Å²) in [5, 5.41) is 14.4. The minimum atomic E-state index is 0.756. The number of para-hydroxylation sites is 1. The molecule has 1 aliphatic heterocycles. The van der Waals surface area contributed by atoms with Crippen LogP contribution in [0.25, 0.3) is 55.2 Å². The molecule has 0 bridgehead atoms. The van der Waals surface area contributed by atoms with Gasteiger partial charge < -0.3 is 4.90 Å². The molecule has 10 aromatic rings. The van der Waals surface area contributed by atoms with Gasteiger partial charge in [-0.15, -0.1) is 0 Å². The van der Waals surface area contributed by atoms with Crippen molar-refractivity contribution in [2.75, 3.05) is 14.9 Å². The van der Waals surface area contributed by atoms with Gasteiger partial charge in [0.15, 0.2) is 5.82 Å². The first-order chi connectivity index (χ1) is 29.2. The van der Waals surface area contributed by atoms with E-state index in [1.165, 1.54) is 76.7 Å². The number of fused-ring (bicyclic) bond motifs is 5. The molecule has 0 amide bonds. The molecule has 0 radical (unpaired) electrons. The molecule has 0 unspecified atom stereocenters. The van der Waals surface area contributed by atoms with E-state index in [1.807, 2.05) is 12.3 Å². The summed E-state index contributed by atoms with van der Waals surface area (Å²) in [5.41, 5.74) is 9.42. The molecule has 280 valence electrons. The molecule has 0 saturated carbocycles. The maximum Gasteiger partial charge on any atom is 0.157 e. The van der Waals surface area contributed by atoms with E-state index in [9.17, 15) is 0 Å². The van der Waals surface area contributed by atoms with Gasteiger partial charge in [0.1, 0.15) is 0 Å². The van der Waals surface area contributed by atoms with Crippen molar-refractivity contribution in [3.05, 3.63) is 229 Å². The topological polar surface area (TPSA) is 22.6 Å². The predicted molar refractivity (Wildman–Crippen MR) is 250 cm³/mol. The Kier molecular flexibility index (Phi) is 8.59. The zero-order chi connectivity index (χ0) is 39.1. The van der Waals surface area contributed by atoms with Gasteiger partial charge in [0, 0.05) is 29.7 Å². The second-order valence-electron chi connectivity index (χ2n) is 15.4. The minimum Gasteiger partial charge on any atom is -0.337 e. The first-order valence-electron chi connectivity index (χ1n) is 20.2. The van der Waals surface area contributed by atoms with Gasteiger partial charge >= 0.3 is 0 Å². The van der Waals surface area contributed by atoms with E-state index >= 15 is 0 Å². The second kappa shape index (κ2) is 14.7. The lowest BCUT2D eigenvalue weighted by Crippen LogP contribution is -2.33. The fourth-order valence-corrected chi connectivity index (χ4v) is 8.56. The van der Waals surface area contributed by atoms with Gasteiger partial charge in [-0.25, -0.2) is 9.99 Å². The molecule has 11 rings (SSSR count). The van der Waals surface area contributed by atoms with Crippen LogP contribution >= 0.6 is 0 Å². The summed E-state index contributed by atoms with van der Waals surface area (Å²) in [7, 11) is 0. The molecule has 4 heteroatoms. The molecule has 0 N–H and O–H groups in total. The molecule has 0 aliphatic carbocycles. The number of rotatable bonds is 8. The SMILES string of the molecule is C(=C\c1ccc2cc(N3Cc4cccnc4N3c3ccccc3)ccc2c1)/c1ccc2cc(CN(c3ccc4ccccc4c3)c3ccc4ccccc4c3)ccc2c1. The van der Waals surface area contributed by atoms with Crippen LogP contribution in [-0.4, -0.2) is 4.98 Å². The Labute approximate surface area is 344 Å². The second-order valence-corrected chi connectivity index (χ2v) is 15.4. The Morgan fingerprint density at radius 3 is 1.66 bits per heavy atom. The van der Waals surface area contributed by atoms with E-state index in [0.29, 0.717) is 0 Å². The molecule has 1 aliphatic rings. The highest BCUT2D eigenvalue weighted by Gasteiger charge is 2.30. The molecule has 0 spiro atoms. The molecule has 0 saturated heterocycles. The molecule has 59 heavy (non-hydrogen) atoms. The highest BCUT2D eigenvalue weighted by atomic mass is 15.7. The van der Waals surface area contributed by atoms with E-state index < -0.39 is 0 Å².